The molecule has 0 unspecified atom stereocenters. The van der Waals surface area contributed by atoms with E-state index in [4.69, 9.17) is 9.26 Å². The molecule has 0 aliphatic heterocycles. The fourth-order valence-corrected chi connectivity index (χ4v) is 2.16. The summed E-state index contributed by atoms with van der Waals surface area (Å²) in [5.41, 5.74) is 0.390. The highest BCUT2D eigenvalue weighted by Crippen LogP contribution is 2.19. The van der Waals surface area contributed by atoms with E-state index in [1.54, 1.807) is 19.9 Å². The van der Waals surface area contributed by atoms with Crippen LogP contribution >= 0.6 is 0 Å². The number of benzene rings is 1. The van der Waals surface area contributed by atoms with Gasteiger partial charge in [-0.15, -0.1) is 0 Å². The lowest BCUT2D eigenvalue weighted by Gasteiger charge is -2.05. The molecular weight excluding hydrogens is 258 g/mol. The number of fused-ring (bicyclic) bond motifs is 3. The molecule has 20 heavy (non-hydrogen) atoms. The SMILES string of the molecule is CC(C)OC(=O)c1c(=O)on2c1ccc1ccccc12. The van der Waals surface area contributed by atoms with Crippen molar-refractivity contribution in [1.29, 1.82) is 0 Å². The van der Waals surface area contributed by atoms with E-state index in [0.717, 1.165) is 10.9 Å². The number of hydrogen-bond acceptors (Lipinski definition) is 4. The van der Waals surface area contributed by atoms with E-state index >= 15 is 0 Å². The summed E-state index contributed by atoms with van der Waals surface area (Å²) in [6.07, 6.45) is -0.294. The molecule has 3 rings (SSSR count). The molecule has 0 saturated heterocycles. The van der Waals surface area contributed by atoms with E-state index in [0.29, 0.717) is 5.52 Å². The van der Waals surface area contributed by atoms with Crippen molar-refractivity contribution < 1.29 is 14.1 Å². The predicted octanol–water partition coefficient (Wildman–Crippen LogP) is 2.61. The average molecular weight is 271 g/mol. The van der Waals surface area contributed by atoms with Gasteiger partial charge in [0.15, 0.2) is 5.56 Å². The van der Waals surface area contributed by atoms with Crippen LogP contribution in [0.15, 0.2) is 45.7 Å². The number of aromatic nitrogens is 1. The van der Waals surface area contributed by atoms with Gasteiger partial charge in [-0.3, -0.25) is 0 Å². The largest absolute Gasteiger partial charge is 0.459 e. The first-order chi connectivity index (χ1) is 9.58. The lowest BCUT2D eigenvalue weighted by molar-refractivity contribution is 0.0377. The summed E-state index contributed by atoms with van der Waals surface area (Å²) in [6, 6.07) is 11.0. The van der Waals surface area contributed by atoms with Crippen LogP contribution in [0.4, 0.5) is 0 Å². The summed E-state index contributed by atoms with van der Waals surface area (Å²) < 4.78 is 11.6. The van der Waals surface area contributed by atoms with Gasteiger partial charge in [-0.05, 0) is 26.0 Å². The summed E-state index contributed by atoms with van der Waals surface area (Å²) in [7, 11) is 0. The van der Waals surface area contributed by atoms with E-state index in [9.17, 15) is 9.59 Å². The van der Waals surface area contributed by atoms with Crippen LogP contribution in [0.25, 0.3) is 16.4 Å². The topological polar surface area (TPSA) is 60.9 Å². The van der Waals surface area contributed by atoms with E-state index in [1.807, 2.05) is 30.3 Å². The highest BCUT2D eigenvalue weighted by Gasteiger charge is 2.22. The zero-order chi connectivity index (χ0) is 14.3. The maximum Gasteiger partial charge on any atom is 0.373 e. The molecular formula is C15H13NO4. The summed E-state index contributed by atoms with van der Waals surface area (Å²) in [6.45, 7) is 3.46. The molecule has 0 fully saturated rings. The molecule has 0 bridgehead atoms. The number of hydrogen-bond donors (Lipinski definition) is 0. The Balaban J connectivity index is 2.29. The first-order valence-electron chi connectivity index (χ1n) is 6.32. The van der Waals surface area contributed by atoms with Gasteiger partial charge in [0.1, 0.15) is 5.52 Å². The molecule has 0 atom stereocenters. The minimum absolute atomic E-state index is 0.0653. The number of nitrogens with zero attached hydrogens (tertiary/aromatic N) is 1. The van der Waals surface area contributed by atoms with E-state index < -0.39 is 11.6 Å². The molecule has 0 saturated carbocycles. The van der Waals surface area contributed by atoms with Crippen molar-refractivity contribution in [2.75, 3.05) is 0 Å². The Kier molecular flexibility index (Phi) is 2.82. The molecule has 5 heteroatoms. The van der Waals surface area contributed by atoms with Gasteiger partial charge < -0.3 is 9.26 Å². The number of ether oxygens (including phenoxy) is 1. The number of rotatable bonds is 2. The molecule has 0 aliphatic rings. The third kappa shape index (κ3) is 1.87. The van der Waals surface area contributed by atoms with E-state index in [1.165, 1.54) is 4.57 Å². The zero-order valence-electron chi connectivity index (χ0n) is 11.1. The number of carbonyl (C=O) groups excluding carboxylic acids is 1. The predicted molar refractivity (Wildman–Crippen MR) is 74.0 cm³/mol. The van der Waals surface area contributed by atoms with Crippen molar-refractivity contribution in [3.05, 3.63) is 52.4 Å². The fraction of sp³-hybridized carbons (Fsp3) is 0.200. The standard InChI is InChI=1S/C15H13NO4/c1-9(2)19-14(17)13-12-8-7-10-5-3-4-6-11(10)16(12)20-15(13)18/h3-9H,1-2H3. The Morgan fingerprint density at radius 1 is 1.15 bits per heavy atom. The monoisotopic (exact) mass is 271 g/mol. The summed E-state index contributed by atoms with van der Waals surface area (Å²) in [5.74, 6) is -0.661. The Hall–Kier alpha value is -2.56. The van der Waals surface area contributed by atoms with Crippen LogP contribution in [-0.4, -0.2) is 16.6 Å². The van der Waals surface area contributed by atoms with Crippen LogP contribution in [-0.2, 0) is 4.74 Å². The summed E-state index contributed by atoms with van der Waals surface area (Å²) >= 11 is 0. The minimum Gasteiger partial charge on any atom is -0.459 e. The Bertz CT molecular complexity index is 857. The van der Waals surface area contributed by atoms with Gasteiger partial charge in [0.25, 0.3) is 0 Å². The van der Waals surface area contributed by atoms with Crippen molar-refractivity contribution in [2.45, 2.75) is 20.0 Å². The molecule has 0 amide bonds. The first kappa shape index (κ1) is 12.5. The van der Waals surface area contributed by atoms with E-state index in [2.05, 4.69) is 0 Å². The van der Waals surface area contributed by atoms with Crippen LogP contribution in [0.3, 0.4) is 0 Å². The van der Waals surface area contributed by atoms with Crippen LogP contribution in [0, 0.1) is 0 Å². The molecule has 0 aliphatic carbocycles. The molecule has 102 valence electrons. The van der Waals surface area contributed by atoms with Crippen molar-refractivity contribution >= 4 is 22.4 Å². The molecule has 2 heterocycles. The number of para-hydroxylation sites is 1. The quantitative estimate of drug-likeness (QED) is 0.672. The van der Waals surface area contributed by atoms with Gasteiger partial charge in [0.2, 0.25) is 0 Å². The lowest BCUT2D eigenvalue weighted by Crippen LogP contribution is -2.17. The lowest BCUT2D eigenvalue weighted by atomic mass is 10.2. The first-order valence-corrected chi connectivity index (χ1v) is 6.32. The van der Waals surface area contributed by atoms with Gasteiger partial charge in [-0.2, -0.15) is 4.57 Å². The highest BCUT2D eigenvalue weighted by molar-refractivity contribution is 5.98. The van der Waals surface area contributed by atoms with Gasteiger partial charge in [-0.25, -0.2) is 9.59 Å². The molecule has 5 nitrogen and oxygen atoms in total. The number of pyridine rings is 1. The van der Waals surface area contributed by atoms with Crippen LogP contribution in [0.2, 0.25) is 0 Å². The second kappa shape index (κ2) is 4.52. The summed E-state index contributed by atoms with van der Waals surface area (Å²) in [5, 5.41) is 0.919. The number of esters is 1. The summed E-state index contributed by atoms with van der Waals surface area (Å²) in [4.78, 5) is 23.9. The number of carbonyl (C=O) groups is 1. The maximum atomic E-state index is 12.0. The van der Waals surface area contributed by atoms with Crippen LogP contribution in [0.1, 0.15) is 24.2 Å². The Labute approximate surface area is 114 Å². The molecule has 2 aromatic heterocycles. The third-order valence-electron chi connectivity index (χ3n) is 2.98. The van der Waals surface area contributed by atoms with Crippen molar-refractivity contribution in [3.63, 3.8) is 0 Å². The van der Waals surface area contributed by atoms with Gasteiger partial charge in [0, 0.05) is 5.39 Å². The maximum absolute atomic E-state index is 12.0. The second-order valence-corrected chi connectivity index (χ2v) is 4.78. The van der Waals surface area contributed by atoms with Crippen molar-refractivity contribution in [2.24, 2.45) is 0 Å². The fourth-order valence-electron chi connectivity index (χ4n) is 2.16. The van der Waals surface area contributed by atoms with Gasteiger partial charge in [-0.1, -0.05) is 24.3 Å². The Morgan fingerprint density at radius 2 is 1.90 bits per heavy atom. The molecule has 0 N–H and O–H groups in total. The Morgan fingerprint density at radius 3 is 2.65 bits per heavy atom. The molecule has 3 aromatic rings. The smallest absolute Gasteiger partial charge is 0.373 e. The van der Waals surface area contributed by atoms with Crippen LogP contribution in [0.5, 0.6) is 0 Å². The third-order valence-corrected chi connectivity index (χ3v) is 2.98. The van der Waals surface area contributed by atoms with Gasteiger partial charge in [0.05, 0.1) is 11.6 Å². The van der Waals surface area contributed by atoms with Crippen molar-refractivity contribution in [1.82, 2.24) is 4.57 Å². The second-order valence-electron chi connectivity index (χ2n) is 4.78. The van der Waals surface area contributed by atoms with E-state index in [-0.39, 0.29) is 11.7 Å². The minimum atomic E-state index is -0.688. The molecule has 1 aromatic carbocycles. The normalized spacial score (nSPS) is 11.3. The average Bonchev–Trinajstić information content (AvgIpc) is 2.74. The van der Waals surface area contributed by atoms with Crippen LogP contribution < -0.4 is 5.63 Å². The van der Waals surface area contributed by atoms with Gasteiger partial charge >= 0.3 is 11.6 Å². The molecule has 0 spiro atoms. The zero-order valence-corrected chi connectivity index (χ0v) is 11.1. The molecule has 0 radical (unpaired) electrons. The van der Waals surface area contributed by atoms with Crippen molar-refractivity contribution in [3.8, 4) is 0 Å². The highest BCUT2D eigenvalue weighted by atomic mass is 16.5.